The van der Waals surface area contributed by atoms with Gasteiger partial charge in [0.25, 0.3) is 5.69 Å². The molecule has 1 aromatic heterocycles. The summed E-state index contributed by atoms with van der Waals surface area (Å²) in [6, 6.07) is 11.0. The summed E-state index contributed by atoms with van der Waals surface area (Å²) >= 11 is 0. The first kappa shape index (κ1) is 27.0. The average molecular weight is 545 g/mol. The van der Waals surface area contributed by atoms with E-state index in [1.54, 1.807) is 37.4 Å². The Morgan fingerprint density at radius 1 is 0.925 bits per heavy atom. The Bertz CT molecular complexity index is 1350. The molecular formula is C28H32N8O4. The van der Waals surface area contributed by atoms with Gasteiger partial charge in [0.05, 0.1) is 16.7 Å². The number of rotatable bonds is 8. The smallest absolute Gasteiger partial charge is 0.343 e. The largest absolute Gasteiger partial charge is 0.423 e. The molecule has 0 amide bonds. The van der Waals surface area contributed by atoms with Crippen LogP contribution in [0.3, 0.4) is 0 Å². The molecule has 0 unspecified atom stereocenters. The zero-order valence-electron chi connectivity index (χ0n) is 22.5. The van der Waals surface area contributed by atoms with Gasteiger partial charge in [-0.3, -0.25) is 10.1 Å². The molecule has 1 N–H and O–H groups in total. The van der Waals surface area contributed by atoms with Crippen molar-refractivity contribution in [3.63, 3.8) is 0 Å². The van der Waals surface area contributed by atoms with Crippen LogP contribution in [0.25, 0.3) is 0 Å². The topological polar surface area (TPSA) is 139 Å². The molecule has 12 heteroatoms. The van der Waals surface area contributed by atoms with Gasteiger partial charge in [-0.1, -0.05) is 0 Å². The maximum absolute atomic E-state index is 12.5. The van der Waals surface area contributed by atoms with E-state index in [-0.39, 0.29) is 11.3 Å². The van der Waals surface area contributed by atoms with Gasteiger partial charge in [0.1, 0.15) is 5.75 Å². The van der Waals surface area contributed by atoms with Crippen LogP contribution in [0.1, 0.15) is 60.0 Å². The molecule has 208 valence electrons. The van der Waals surface area contributed by atoms with Crippen LogP contribution in [0.15, 0.2) is 47.6 Å². The van der Waals surface area contributed by atoms with Crippen LogP contribution in [0.4, 0.5) is 23.5 Å². The second kappa shape index (κ2) is 12.5. The van der Waals surface area contributed by atoms with Crippen molar-refractivity contribution in [2.45, 2.75) is 45.4 Å². The Morgan fingerprint density at radius 3 is 2.08 bits per heavy atom. The molecule has 0 atom stereocenters. The number of aromatic nitrogens is 3. The predicted molar refractivity (Wildman–Crippen MR) is 152 cm³/mol. The quantitative estimate of drug-likeness (QED) is 0.139. The van der Waals surface area contributed by atoms with Crippen LogP contribution in [0.2, 0.25) is 0 Å². The minimum atomic E-state index is -0.593. The van der Waals surface area contributed by atoms with E-state index in [2.05, 4.69) is 30.3 Å². The summed E-state index contributed by atoms with van der Waals surface area (Å²) in [7, 11) is 0. The van der Waals surface area contributed by atoms with Crippen molar-refractivity contribution in [3.05, 3.63) is 69.3 Å². The summed E-state index contributed by atoms with van der Waals surface area (Å²) in [5.41, 5.74) is 4.32. The molecule has 0 spiro atoms. The van der Waals surface area contributed by atoms with Gasteiger partial charge in [-0.15, -0.1) is 0 Å². The minimum Gasteiger partial charge on any atom is -0.423 e. The van der Waals surface area contributed by atoms with E-state index in [9.17, 15) is 14.9 Å². The fraction of sp³-hybridized carbons (Fsp3) is 0.393. The third kappa shape index (κ3) is 6.68. The number of nitrogens with one attached hydrogen (secondary N) is 1. The number of carbonyl (C=O) groups excluding carboxylic acids is 1. The summed E-state index contributed by atoms with van der Waals surface area (Å²) in [5.74, 6) is 1.52. The first-order valence-corrected chi connectivity index (χ1v) is 13.6. The lowest BCUT2D eigenvalue weighted by atomic mass is 10.1. The Morgan fingerprint density at radius 2 is 1.52 bits per heavy atom. The van der Waals surface area contributed by atoms with Gasteiger partial charge in [0, 0.05) is 37.8 Å². The maximum Gasteiger partial charge on any atom is 0.343 e. The van der Waals surface area contributed by atoms with E-state index in [4.69, 9.17) is 9.72 Å². The number of esters is 1. The van der Waals surface area contributed by atoms with E-state index in [1.807, 2.05) is 0 Å². The van der Waals surface area contributed by atoms with Crippen LogP contribution in [0.5, 0.6) is 5.75 Å². The van der Waals surface area contributed by atoms with Crippen LogP contribution >= 0.6 is 0 Å². The number of aryl methyl sites for hydroxylation is 1. The molecule has 3 aromatic rings. The number of carbonyl (C=O) groups is 1. The monoisotopic (exact) mass is 544 g/mol. The molecule has 2 fully saturated rings. The summed E-state index contributed by atoms with van der Waals surface area (Å²) in [6.45, 7) is 5.33. The van der Waals surface area contributed by atoms with Gasteiger partial charge in [-0.2, -0.15) is 20.1 Å². The lowest BCUT2D eigenvalue weighted by Crippen LogP contribution is -2.34. The fourth-order valence-electron chi connectivity index (χ4n) is 4.81. The molecule has 0 bridgehead atoms. The van der Waals surface area contributed by atoms with Crippen molar-refractivity contribution in [1.29, 1.82) is 0 Å². The number of benzene rings is 2. The fourth-order valence-corrected chi connectivity index (χ4v) is 4.81. The number of nitro groups is 1. The minimum absolute atomic E-state index is 0.0450. The highest BCUT2D eigenvalue weighted by Crippen LogP contribution is 2.23. The SMILES string of the molecule is Cc1cc(C(=O)Oc2ccc(/C=N/Nc3nc(N4CCCCC4)nc(N4CCCCC4)n3)cc2)ccc1[N+](=O)[O-]. The Hall–Kier alpha value is -4.61. The van der Waals surface area contributed by atoms with Crippen molar-refractivity contribution in [3.8, 4) is 5.75 Å². The van der Waals surface area contributed by atoms with Crippen LogP contribution in [-0.2, 0) is 0 Å². The van der Waals surface area contributed by atoms with Gasteiger partial charge in [-0.05, 0) is 87.4 Å². The van der Waals surface area contributed by atoms with E-state index in [0.717, 1.165) is 57.4 Å². The van der Waals surface area contributed by atoms with E-state index < -0.39 is 10.9 Å². The molecule has 0 aliphatic carbocycles. The van der Waals surface area contributed by atoms with Crippen molar-refractivity contribution in [1.82, 2.24) is 15.0 Å². The highest BCUT2D eigenvalue weighted by Gasteiger charge is 2.20. The molecule has 2 aliphatic rings. The lowest BCUT2D eigenvalue weighted by Gasteiger charge is -2.30. The number of ether oxygens (including phenoxy) is 1. The number of piperidine rings is 2. The summed E-state index contributed by atoms with van der Waals surface area (Å²) in [4.78, 5) is 41.5. The Balaban J connectivity index is 1.24. The predicted octanol–water partition coefficient (Wildman–Crippen LogP) is 4.73. The van der Waals surface area contributed by atoms with Crippen LogP contribution in [-0.4, -0.2) is 58.2 Å². The number of hydrogen-bond donors (Lipinski definition) is 1. The summed E-state index contributed by atoms with van der Waals surface area (Å²) in [6.07, 6.45) is 8.61. The summed E-state index contributed by atoms with van der Waals surface area (Å²) in [5, 5.41) is 15.3. The van der Waals surface area contributed by atoms with E-state index >= 15 is 0 Å². The molecular weight excluding hydrogens is 512 g/mol. The van der Waals surface area contributed by atoms with Gasteiger partial charge >= 0.3 is 5.97 Å². The third-order valence-electron chi connectivity index (χ3n) is 6.99. The highest BCUT2D eigenvalue weighted by atomic mass is 16.6. The van der Waals surface area contributed by atoms with Crippen LogP contribution < -0.4 is 20.0 Å². The van der Waals surface area contributed by atoms with Gasteiger partial charge in [-0.25, -0.2) is 10.2 Å². The van der Waals surface area contributed by atoms with E-state index in [1.165, 1.54) is 31.0 Å². The van der Waals surface area contributed by atoms with Crippen molar-refractivity contribution >= 4 is 35.7 Å². The number of hydrazone groups is 1. The zero-order chi connectivity index (χ0) is 27.9. The first-order chi connectivity index (χ1) is 19.5. The number of nitrogens with zero attached hydrogens (tertiary/aromatic N) is 7. The summed E-state index contributed by atoms with van der Waals surface area (Å²) < 4.78 is 5.42. The molecule has 0 saturated carbocycles. The third-order valence-corrected chi connectivity index (χ3v) is 6.99. The Kier molecular flexibility index (Phi) is 8.43. The van der Waals surface area contributed by atoms with E-state index in [0.29, 0.717) is 29.2 Å². The molecule has 5 rings (SSSR count). The molecule has 12 nitrogen and oxygen atoms in total. The van der Waals surface area contributed by atoms with Crippen molar-refractivity contribution in [2.24, 2.45) is 5.10 Å². The second-order valence-electron chi connectivity index (χ2n) is 9.94. The second-order valence-corrected chi connectivity index (χ2v) is 9.94. The average Bonchev–Trinajstić information content (AvgIpc) is 2.98. The number of hydrogen-bond acceptors (Lipinski definition) is 11. The standard InChI is InChI=1S/C28H32N8O4/c1-20-18-22(10-13-24(20)36(38)39)25(37)40-23-11-8-21(9-12-23)19-29-33-26-30-27(34-14-4-2-5-15-34)32-28(31-26)35-16-6-3-7-17-35/h8-13,18-19H,2-7,14-17H2,1H3,(H,30,31,32,33)/b29-19+. The molecule has 0 radical (unpaired) electrons. The number of anilines is 3. The molecule has 2 saturated heterocycles. The lowest BCUT2D eigenvalue weighted by molar-refractivity contribution is -0.385. The molecule has 2 aliphatic heterocycles. The molecule has 2 aromatic carbocycles. The molecule has 3 heterocycles. The Labute approximate surface area is 232 Å². The van der Waals surface area contributed by atoms with Crippen molar-refractivity contribution < 1.29 is 14.5 Å². The maximum atomic E-state index is 12.5. The number of nitro benzene ring substituents is 1. The highest BCUT2D eigenvalue weighted by molar-refractivity contribution is 5.91. The molecule has 40 heavy (non-hydrogen) atoms. The van der Waals surface area contributed by atoms with Crippen LogP contribution in [0, 0.1) is 17.0 Å². The first-order valence-electron chi connectivity index (χ1n) is 13.6. The normalized spacial score (nSPS) is 15.7. The van der Waals surface area contributed by atoms with Gasteiger partial charge in [0.15, 0.2) is 0 Å². The van der Waals surface area contributed by atoms with Crippen molar-refractivity contribution in [2.75, 3.05) is 41.4 Å². The van der Waals surface area contributed by atoms with Gasteiger partial charge in [0.2, 0.25) is 17.8 Å². The zero-order valence-corrected chi connectivity index (χ0v) is 22.5. The van der Waals surface area contributed by atoms with Gasteiger partial charge < -0.3 is 14.5 Å².